The Kier molecular flexibility index (Phi) is 6.96. The van der Waals surface area contributed by atoms with Crippen molar-refractivity contribution >= 4 is 35.0 Å². The van der Waals surface area contributed by atoms with Crippen molar-refractivity contribution in [3.8, 4) is 0 Å². The Morgan fingerprint density at radius 1 is 0.960 bits per heavy atom. The lowest BCUT2D eigenvalue weighted by Gasteiger charge is -2.17. The van der Waals surface area contributed by atoms with Crippen molar-refractivity contribution in [2.75, 3.05) is 7.11 Å². The molecule has 0 bridgehead atoms. The molecule has 0 radical (unpaired) electrons. The van der Waals surface area contributed by atoms with E-state index in [1.807, 2.05) is 0 Å². The summed E-state index contributed by atoms with van der Waals surface area (Å²) in [6.45, 7) is 1.54. The minimum atomic E-state index is -1.28. The predicted molar refractivity (Wildman–Crippen MR) is 93.6 cm³/mol. The molecule has 0 fully saturated rings. The van der Waals surface area contributed by atoms with Crippen molar-refractivity contribution < 1.29 is 24.1 Å². The lowest BCUT2D eigenvalue weighted by atomic mass is 9.90. The molecule has 0 aliphatic rings. The van der Waals surface area contributed by atoms with Gasteiger partial charge < -0.3 is 4.74 Å². The quantitative estimate of drug-likeness (QED) is 0.233. The first-order valence-corrected chi connectivity index (χ1v) is 8.14. The van der Waals surface area contributed by atoms with Crippen LogP contribution in [0.4, 0.5) is 0 Å². The van der Waals surface area contributed by atoms with Crippen LogP contribution < -0.4 is 0 Å². The highest BCUT2D eigenvalue weighted by molar-refractivity contribution is 6.40. The number of rotatable bonds is 7. The zero-order valence-electron chi connectivity index (χ0n) is 13.6. The second-order valence-electron chi connectivity index (χ2n) is 5.11. The van der Waals surface area contributed by atoms with E-state index in [-0.39, 0.29) is 15.6 Å². The molecule has 132 valence electrons. The highest BCUT2D eigenvalue weighted by Gasteiger charge is 2.34. The number of carbonyl (C=O) groups is 2. The number of halogens is 2. The van der Waals surface area contributed by atoms with Gasteiger partial charge in [0.2, 0.25) is 0 Å². The third kappa shape index (κ3) is 4.80. The number of Topliss-reactive ketones (excluding diaryl/α,β-unsaturated/α-hetero) is 1. The van der Waals surface area contributed by atoms with Crippen LogP contribution in [0.2, 0.25) is 10.0 Å². The molecule has 0 N–H and O–H groups in total. The summed E-state index contributed by atoms with van der Waals surface area (Å²) in [4.78, 5) is 35.1. The molecular weight excluding hydrogens is 367 g/mol. The molecule has 2 rings (SSSR count). The molecule has 0 amide bonds. The van der Waals surface area contributed by atoms with Crippen LogP contribution in [0.3, 0.4) is 0 Å². The number of hydrogen-bond donors (Lipinski definition) is 0. The van der Waals surface area contributed by atoms with E-state index < -0.39 is 24.0 Å². The van der Waals surface area contributed by atoms with Crippen molar-refractivity contribution in [1.82, 2.24) is 0 Å². The van der Waals surface area contributed by atoms with E-state index in [9.17, 15) is 9.59 Å². The summed E-state index contributed by atoms with van der Waals surface area (Å²) in [6.07, 6.45) is -0.778. The van der Waals surface area contributed by atoms with Gasteiger partial charge in [0.15, 0.2) is 12.1 Å². The molecule has 0 saturated carbocycles. The second kappa shape index (κ2) is 8.97. The van der Waals surface area contributed by atoms with Crippen molar-refractivity contribution in [3.63, 3.8) is 0 Å². The Labute approximate surface area is 155 Å². The average Bonchev–Trinajstić information content (AvgIpc) is 2.60. The van der Waals surface area contributed by atoms with Gasteiger partial charge in [0, 0.05) is 7.11 Å². The van der Waals surface area contributed by atoms with E-state index in [0.717, 1.165) is 0 Å². The monoisotopic (exact) mass is 382 g/mol. The maximum atomic E-state index is 13.0. The van der Waals surface area contributed by atoms with Crippen molar-refractivity contribution in [3.05, 3.63) is 69.7 Å². The Morgan fingerprint density at radius 2 is 1.56 bits per heavy atom. The lowest BCUT2D eigenvalue weighted by molar-refractivity contribution is -0.342. The summed E-state index contributed by atoms with van der Waals surface area (Å²) in [5, 5.41) is 0.301. The summed E-state index contributed by atoms with van der Waals surface area (Å²) in [5.74, 6) is -2.75. The van der Waals surface area contributed by atoms with Crippen LogP contribution in [0.15, 0.2) is 48.5 Å². The first-order valence-electron chi connectivity index (χ1n) is 7.38. The Bertz CT molecular complexity index is 728. The molecule has 7 heteroatoms. The van der Waals surface area contributed by atoms with E-state index in [4.69, 9.17) is 37.7 Å². The van der Waals surface area contributed by atoms with E-state index in [0.29, 0.717) is 5.56 Å². The number of hydrogen-bond acceptors (Lipinski definition) is 5. The first-order chi connectivity index (χ1) is 12.0. The van der Waals surface area contributed by atoms with Crippen LogP contribution in [0.5, 0.6) is 0 Å². The van der Waals surface area contributed by atoms with E-state index in [1.165, 1.54) is 26.2 Å². The van der Waals surface area contributed by atoms with Crippen molar-refractivity contribution in [1.29, 1.82) is 0 Å². The fourth-order valence-corrected chi connectivity index (χ4v) is 2.70. The molecule has 5 nitrogen and oxygen atoms in total. The van der Waals surface area contributed by atoms with Crippen molar-refractivity contribution in [2.24, 2.45) is 0 Å². The van der Waals surface area contributed by atoms with Crippen LogP contribution in [-0.4, -0.2) is 25.2 Å². The summed E-state index contributed by atoms with van der Waals surface area (Å²) in [7, 11) is 1.39. The molecule has 2 unspecified atom stereocenters. The molecule has 0 aliphatic heterocycles. The molecule has 25 heavy (non-hydrogen) atoms. The van der Waals surface area contributed by atoms with Crippen LogP contribution in [-0.2, 0) is 19.3 Å². The number of carbonyl (C=O) groups excluding carboxylic acids is 2. The first kappa shape index (κ1) is 19.4. The topological polar surface area (TPSA) is 61.8 Å². The summed E-state index contributed by atoms with van der Waals surface area (Å²) in [6, 6.07) is 13.1. The molecule has 0 aromatic heterocycles. The Hall–Kier alpha value is -1.92. The van der Waals surface area contributed by atoms with E-state index in [2.05, 4.69) is 0 Å². The van der Waals surface area contributed by atoms with Crippen molar-refractivity contribution in [2.45, 2.75) is 19.1 Å². The van der Waals surface area contributed by atoms with Crippen LogP contribution in [0, 0.1) is 0 Å². The van der Waals surface area contributed by atoms with Gasteiger partial charge in [-0.25, -0.2) is 4.79 Å². The molecule has 2 aromatic carbocycles. The molecule has 0 saturated heterocycles. The highest BCUT2D eigenvalue weighted by atomic mass is 35.5. The summed E-state index contributed by atoms with van der Waals surface area (Å²) in [5.41, 5.74) is 0.485. The summed E-state index contributed by atoms with van der Waals surface area (Å²) < 4.78 is 4.84. The van der Waals surface area contributed by atoms with Gasteiger partial charge >= 0.3 is 5.97 Å². The van der Waals surface area contributed by atoms with Gasteiger partial charge in [-0.1, -0.05) is 59.6 Å². The smallest absolute Gasteiger partial charge is 0.352 e. The zero-order chi connectivity index (χ0) is 18.4. The minimum Gasteiger partial charge on any atom is -0.352 e. The number of benzene rings is 2. The Balaban J connectivity index is 2.38. The standard InChI is InChI=1S/C18H16Cl2O5/c1-11(23-2)24-25-18(22)15(12-7-4-3-5-8-12)17(21)16-13(19)9-6-10-14(16)20/h3-11,15H,1-2H3. The maximum absolute atomic E-state index is 13.0. The van der Waals surface area contributed by atoms with Gasteiger partial charge in [-0.3, -0.25) is 9.68 Å². The third-order valence-corrected chi connectivity index (χ3v) is 4.07. The minimum absolute atomic E-state index is 0.0522. The predicted octanol–water partition coefficient (Wildman–Crippen LogP) is 4.43. The molecule has 2 atom stereocenters. The van der Waals surface area contributed by atoms with Crippen LogP contribution in [0.1, 0.15) is 28.8 Å². The van der Waals surface area contributed by atoms with Crippen LogP contribution >= 0.6 is 23.2 Å². The maximum Gasteiger partial charge on any atom is 0.357 e. The summed E-state index contributed by atoms with van der Waals surface area (Å²) >= 11 is 12.2. The van der Waals surface area contributed by atoms with E-state index >= 15 is 0 Å². The van der Waals surface area contributed by atoms with Gasteiger partial charge in [-0.15, -0.1) is 0 Å². The SMILES string of the molecule is COC(C)OOC(=O)C(C(=O)c1c(Cl)cccc1Cl)c1ccccc1. The number of ketones is 1. The zero-order valence-corrected chi connectivity index (χ0v) is 15.1. The van der Waals surface area contributed by atoms with Gasteiger partial charge in [-0.2, -0.15) is 4.89 Å². The number of methoxy groups -OCH3 is 1. The second-order valence-corrected chi connectivity index (χ2v) is 5.92. The average molecular weight is 383 g/mol. The molecule has 0 spiro atoms. The lowest BCUT2D eigenvalue weighted by Crippen LogP contribution is -2.26. The normalized spacial score (nSPS) is 13.1. The molecule has 0 heterocycles. The van der Waals surface area contributed by atoms with Gasteiger partial charge in [0.05, 0.1) is 15.6 Å². The fourth-order valence-electron chi connectivity index (χ4n) is 2.12. The molecule has 0 aliphatic carbocycles. The van der Waals surface area contributed by atoms with Crippen LogP contribution in [0.25, 0.3) is 0 Å². The van der Waals surface area contributed by atoms with Gasteiger partial charge in [0.1, 0.15) is 5.92 Å². The molecular formula is C18H16Cl2O5. The fraction of sp³-hybridized carbons (Fsp3) is 0.222. The Morgan fingerprint density at radius 3 is 2.12 bits per heavy atom. The van der Waals surface area contributed by atoms with E-state index in [1.54, 1.807) is 36.4 Å². The third-order valence-electron chi connectivity index (χ3n) is 3.44. The largest absolute Gasteiger partial charge is 0.357 e. The highest BCUT2D eigenvalue weighted by Crippen LogP contribution is 2.31. The molecule has 2 aromatic rings. The van der Waals surface area contributed by atoms with Gasteiger partial charge in [0.25, 0.3) is 0 Å². The number of ether oxygens (including phenoxy) is 1. The van der Waals surface area contributed by atoms with Gasteiger partial charge in [-0.05, 0) is 24.6 Å².